The fourth-order valence-corrected chi connectivity index (χ4v) is 4.10. The maximum atomic E-state index is 12.6. The summed E-state index contributed by atoms with van der Waals surface area (Å²) in [6.45, 7) is 7.15. The first-order chi connectivity index (χ1) is 11.8. The molecule has 1 unspecified atom stereocenters. The number of hydrogen-bond donors (Lipinski definition) is 1. The number of nitrogens with one attached hydrogen (secondary N) is 1. The number of carbonyl (C=O) groups excluding carboxylic acids is 1. The van der Waals surface area contributed by atoms with E-state index in [0.29, 0.717) is 13.1 Å². The molecule has 1 saturated heterocycles. The van der Waals surface area contributed by atoms with Crippen LogP contribution in [0.5, 0.6) is 11.5 Å². The van der Waals surface area contributed by atoms with Gasteiger partial charge in [-0.3, -0.25) is 0 Å². The number of morpholine rings is 1. The molecule has 1 aliphatic carbocycles. The maximum Gasteiger partial charge on any atom is 0.322 e. The Bertz CT molecular complexity index is 682. The van der Waals surface area contributed by atoms with Crippen molar-refractivity contribution in [2.75, 3.05) is 18.4 Å². The van der Waals surface area contributed by atoms with Crippen molar-refractivity contribution in [1.29, 1.82) is 0 Å². The second-order valence-electron chi connectivity index (χ2n) is 7.98. The average molecular weight is 346 g/mol. The van der Waals surface area contributed by atoms with Crippen molar-refractivity contribution in [3.05, 3.63) is 18.2 Å². The number of fused-ring (bicyclic) bond motifs is 1. The van der Waals surface area contributed by atoms with Crippen molar-refractivity contribution in [1.82, 2.24) is 4.90 Å². The van der Waals surface area contributed by atoms with Gasteiger partial charge in [-0.15, -0.1) is 0 Å². The van der Waals surface area contributed by atoms with Gasteiger partial charge in [0.1, 0.15) is 0 Å². The molecule has 0 bridgehead atoms. The summed E-state index contributed by atoms with van der Waals surface area (Å²) >= 11 is 0. The van der Waals surface area contributed by atoms with Crippen molar-refractivity contribution in [3.8, 4) is 11.5 Å². The lowest BCUT2D eigenvalue weighted by Gasteiger charge is -2.41. The van der Waals surface area contributed by atoms with Gasteiger partial charge in [0.15, 0.2) is 11.5 Å². The van der Waals surface area contributed by atoms with Crippen LogP contribution in [0.2, 0.25) is 0 Å². The average Bonchev–Trinajstić information content (AvgIpc) is 3.11. The molecule has 2 aliphatic heterocycles. The molecule has 25 heavy (non-hydrogen) atoms. The van der Waals surface area contributed by atoms with Crippen LogP contribution in [0.1, 0.15) is 46.5 Å². The van der Waals surface area contributed by atoms with Gasteiger partial charge in [0.05, 0.1) is 18.2 Å². The Kier molecular flexibility index (Phi) is 3.83. The highest BCUT2D eigenvalue weighted by Crippen LogP contribution is 2.47. The summed E-state index contributed by atoms with van der Waals surface area (Å²) in [5, 5.41) is 2.97. The van der Waals surface area contributed by atoms with E-state index in [2.05, 4.69) is 5.32 Å². The van der Waals surface area contributed by atoms with Crippen molar-refractivity contribution < 1.29 is 19.0 Å². The zero-order valence-corrected chi connectivity index (χ0v) is 15.1. The molecule has 1 saturated carbocycles. The largest absolute Gasteiger partial charge is 0.448 e. The zero-order chi connectivity index (χ0) is 17.7. The Morgan fingerprint density at radius 2 is 1.92 bits per heavy atom. The van der Waals surface area contributed by atoms with Crippen LogP contribution in [-0.4, -0.2) is 41.5 Å². The Hall–Kier alpha value is -1.95. The number of carbonyl (C=O) groups is 1. The molecule has 6 nitrogen and oxygen atoms in total. The van der Waals surface area contributed by atoms with E-state index in [0.717, 1.165) is 42.9 Å². The van der Waals surface area contributed by atoms with E-state index in [1.807, 2.05) is 39.0 Å². The second-order valence-corrected chi connectivity index (χ2v) is 7.98. The summed E-state index contributed by atoms with van der Waals surface area (Å²) in [4.78, 5) is 14.4. The van der Waals surface area contributed by atoms with Crippen LogP contribution in [0.25, 0.3) is 0 Å². The lowest BCUT2D eigenvalue weighted by Crippen LogP contribution is -2.54. The number of nitrogens with zero attached hydrogens (tertiary/aromatic N) is 1. The van der Waals surface area contributed by atoms with Crippen LogP contribution in [0.15, 0.2) is 18.2 Å². The minimum Gasteiger partial charge on any atom is -0.448 e. The van der Waals surface area contributed by atoms with Crippen molar-refractivity contribution in [3.63, 3.8) is 0 Å². The van der Waals surface area contributed by atoms with Crippen LogP contribution < -0.4 is 14.8 Å². The molecule has 3 aliphatic rings. The van der Waals surface area contributed by atoms with Gasteiger partial charge in [-0.2, -0.15) is 0 Å². The third kappa shape index (κ3) is 3.27. The van der Waals surface area contributed by atoms with Crippen LogP contribution >= 0.6 is 0 Å². The monoisotopic (exact) mass is 346 g/mol. The molecule has 136 valence electrons. The highest BCUT2D eigenvalue weighted by atomic mass is 16.7. The van der Waals surface area contributed by atoms with Crippen LogP contribution in [-0.2, 0) is 4.74 Å². The summed E-state index contributed by atoms with van der Waals surface area (Å²) in [5.74, 6) is 1.01. The lowest BCUT2D eigenvalue weighted by molar-refractivity contribution is -0.116. The Labute approximate surface area is 148 Å². The topological polar surface area (TPSA) is 60.0 Å². The van der Waals surface area contributed by atoms with Crippen molar-refractivity contribution in [2.24, 2.45) is 0 Å². The molecule has 0 radical (unpaired) electrons. The van der Waals surface area contributed by atoms with E-state index in [1.165, 1.54) is 0 Å². The first-order valence-electron chi connectivity index (χ1n) is 9.10. The standard InChI is InChI=1S/C19H26N2O4/c1-13-11-21(12-18(2,3)23-13)17(22)20-14-6-7-15-16(10-14)25-19(24-15)8-4-5-9-19/h6-7,10,13H,4-5,8-9,11-12H2,1-3H3,(H,20,22). The zero-order valence-electron chi connectivity index (χ0n) is 15.1. The summed E-state index contributed by atoms with van der Waals surface area (Å²) in [7, 11) is 0. The highest BCUT2D eigenvalue weighted by Gasteiger charge is 2.44. The molecule has 2 amide bonds. The number of urea groups is 1. The molecule has 4 rings (SSSR count). The fraction of sp³-hybridized carbons (Fsp3) is 0.632. The van der Waals surface area contributed by atoms with E-state index < -0.39 is 5.79 Å². The molecule has 0 aromatic heterocycles. The molecule has 2 fully saturated rings. The summed E-state index contributed by atoms with van der Waals surface area (Å²) < 4.78 is 17.9. The van der Waals surface area contributed by atoms with E-state index in [9.17, 15) is 4.79 Å². The fourth-order valence-electron chi connectivity index (χ4n) is 4.10. The van der Waals surface area contributed by atoms with Gasteiger partial charge in [0.25, 0.3) is 5.79 Å². The highest BCUT2D eigenvalue weighted by molar-refractivity contribution is 5.90. The van der Waals surface area contributed by atoms with E-state index in [-0.39, 0.29) is 17.7 Å². The number of benzene rings is 1. The molecular formula is C19H26N2O4. The first-order valence-corrected chi connectivity index (χ1v) is 9.10. The third-order valence-electron chi connectivity index (χ3n) is 5.01. The number of amides is 2. The molecule has 1 aromatic carbocycles. The molecule has 1 spiro atoms. The van der Waals surface area contributed by atoms with E-state index in [1.54, 1.807) is 4.90 Å². The predicted molar refractivity (Wildman–Crippen MR) is 94.1 cm³/mol. The number of rotatable bonds is 1. The summed E-state index contributed by atoms with van der Waals surface area (Å²) in [6.07, 6.45) is 4.12. The number of anilines is 1. The molecule has 1 aromatic rings. The Morgan fingerprint density at radius 1 is 1.20 bits per heavy atom. The maximum absolute atomic E-state index is 12.6. The SMILES string of the molecule is CC1CN(C(=O)Nc2ccc3c(c2)OC2(CCCC2)O3)CC(C)(C)O1. The van der Waals surface area contributed by atoms with Gasteiger partial charge in [0, 0.05) is 31.1 Å². The number of hydrogen-bond acceptors (Lipinski definition) is 4. The second kappa shape index (κ2) is 5.80. The molecule has 1 atom stereocenters. The Morgan fingerprint density at radius 3 is 2.64 bits per heavy atom. The first kappa shape index (κ1) is 16.5. The van der Waals surface area contributed by atoms with Crippen molar-refractivity contribution in [2.45, 2.75) is 63.9 Å². The van der Waals surface area contributed by atoms with Crippen LogP contribution in [0, 0.1) is 0 Å². The number of ether oxygens (including phenoxy) is 3. The van der Waals surface area contributed by atoms with Gasteiger partial charge in [0.2, 0.25) is 0 Å². The van der Waals surface area contributed by atoms with Gasteiger partial charge in [-0.05, 0) is 45.7 Å². The quantitative estimate of drug-likeness (QED) is 0.841. The van der Waals surface area contributed by atoms with Gasteiger partial charge in [-0.25, -0.2) is 4.79 Å². The normalized spacial score (nSPS) is 26.0. The van der Waals surface area contributed by atoms with E-state index >= 15 is 0 Å². The molecule has 6 heteroatoms. The van der Waals surface area contributed by atoms with Gasteiger partial charge in [-0.1, -0.05) is 0 Å². The smallest absolute Gasteiger partial charge is 0.322 e. The molecule has 1 N–H and O–H groups in total. The Balaban J connectivity index is 1.45. The minimum absolute atomic E-state index is 0.0217. The summed E-state index contributed by atoms with van der Waals surface area (Å²) in [5.41, 5.74) is 0.387. The predicted octanol–water partition coefficient (Wildman–Crippen LogP) is 3.76. The lowest BCUT2D eigenvalue weighted by atomic mass is 10.1. The summed E-state index contributed by atoms with van der Waals surface area (Å²) in [6, 6.07) is 5.49. The van der Waals surface area contributed by atoms with Gasteiger partial charge < -0.3 is 24.4 Å². The molecular weight excluding hydrogens is 320 g/mol. The van der Waals surface area contributed by atoms with Gasteiger partial charge >= 0.3 is 6.03 Å². The van der Waals surface area contributed by atoms with Crippen LogP contribution in [0.3, 0.4) is 0 Å². The van der Waals surface area contributed by atoms with E-state index in [4.69, 9.17) is 14.2 Å². The van der Waals surface area contributed by atoms with Crippen molar-refractivity contribution >= 4 is 11.7 Å². The van der Waals surface area contributed by atoms with Crippen LogP contribution in [0.4, 0.5) is 10.5 Å². The third-order valence-corrected chi connectivity index (χ3v) is 5.01. The molecule has 2 heterocycles. The minimum atomic E-state index is -0.478.